The Kier molecular flexibility index (Phi) is 3.40. The standard InChI is InChI=1S/C19H21NO/c1-2-6-18-15(5-1)10-16-11-17(7-8-19(16)18)20-12-14-4-3-9-21-13-14/h1-2,5-8,11,14,20H,3-4,9-10,12-13H2. The van der Waals surface area contributed by atoms with Crippen LogP contribution in [0, 0.1) is 5.92 Å². The Balaban J connectivity index is 1.48. The summed E-state index contributed by atoms with van der Waals surface area (Å²) < 4.78 is 5.55. The van der Waals surface area contributed by atoms with E-state index < -0.39 is 0 Å². The molecule has 1 fully saturated rings. The third kappa shape index (κ3) is 2.56. The molecule has 0 radical (unpaired) electrons. The zero-order chi connectivity index (χ0) is 14.1. The summed E-state index contributed by atoms with van der Waals surface area (Å²) in [6, 6.07) is 15.5. The normalized spacial score (nSPS) is 19.9. The summed E-state index contributed by atoms with van der Waals surface area (Å²) in [5.74, 6) is 0.657. The number of anilines is 1. The molecular weight excluding hydrogens is 258 g/mol. The van der Waals surface area contributed by atoms with Crippen LogP contribution in [0.4, 0.5) is 5.69 Å². The highest BCUT2D eigenvalue weighted by molar-refractivity contribution is 5.78. The molecule has 0 bridgehead atoms. The van der Waals surface area contributed by atoms with Crippen molar-refractivity contribution in [3.05, 3.63) is 53.6 Å². The topological polar surface area (TPSA) is 21.3 Å². The van der Waals surface area contributed by atoms with Crippen LogP contribution in [-0.4, -0.2) is 19.8 Å². The van der Waals surface area contributed by atoms with Crippen molar-refractivity contribution in [3.8, 4) is 11.1 Å². The van der Waals surface area contributed by atoms with Gasteiger partial charge in [0, 0.05) is 18.8 Å². The minimum atomic E-state index is 0.657. The van der Waals surface area contributed by atoms with E-state index in [4.69, 9.17) is 4.74 Å². The number of ether oxygens (including phenoxy) is 1. The van der Waals surface area contributed by atoms with Gasteiger partial charge in [0.25, 0.3) is 0 Å². The molecule has 2 heteroatoms. The molecule has 2 aliphatic rings. The Morgan fingerprint density at radius 2 is 1.95 bits per heavy atom. The molecule has 1 aliphatic heterocycles. The molecule has 21 heavy (non-hydrogen) atoms. The first-order valence-corrected chi connectivity index (χ1v) is 7.93. The quantitative estimate of drug-likeness (QED) is 0.779. The van der Waals surface area contributed by atoms with Gasteiger partial charge in [-0.1, -0.05) is 30.3 Å². The Morgan fingerprint density at radius 1 is 1.05 bits per heavy atom. The second-order valence-corrected chi connectivity index (χ2v) is 6.17. The van der Waals surface area contributed by atoms with Crippen molar-refractivity contribution >= 4 is 5.69 Å². The second-order valence-electron chi connectivity index (χ2n) is 6.17. The van der Waals surface area contributed by atoms with Gasteiger partial charge in [0.1, 0.15) is 0 Å². The van der Waals surface area contributed by atoms with E-state index in [-0.39, 0.29) is 0 Å². The fourth-order valence-electron chi connectivity index (χ4n) is 3.49. The summed E-state index contributed by atoms with van der Waals surface area (Å²) in [5, 5.41) is 3.59. The van der Waals surface area contributed by atoms with E-state index in [1.165, 1.54) is 40.8 Å². The molecule has 2 nitrogen and oxygen atoms in total. The van der Waals surface area contributed by atoms with Crippen molar-refractivity contribution in [2.24, 2.45) is 5.92 Å². The van der Waals surface area contributed by atoms with E-state index in [9.17, 15) is 0 Å². The molecule has 0 spiro atoms. The van der Waals surface area contributed by atoms with Gasteiger partial charge >= 0.3 is 0 Å². The Labute approximate surface area is 126 Å². The highest BCUT2D eigenvalue weighted by Crippen LogP contribution is 2.37. The van der Waals surface area contributed by atoms with Crippen molar-refractivity contribution in [2.75, 3.05) is 25.1 Å². The molecule has 0 aromatic heterocycles. The summed E-state index contributed by atoms with van der Waals surface area (Å²) in [6.07, 6.45) is 3.54. The Hall–Kier alpha value is -1.80. The van der Waals surface area contributed by atoms with Gasteiger partial charge in [-0.05, 0) is 59.6 Å². The largest absolute Gasteiger partial charge is 0.385 e. The molecular formula is C19H21NO. The predicted octanol–water partition coefficient (Wildman–Crippen LogP) is 4.10. The molecule has 1 aliphatic carbocycles. The van der Waals surface area contributed by atoms with Crippen LogP contribution in [0.3, 0.4) is 0 Å². The zero-order valence-corrected chi connectivity index (χ0v) is 12.3. The van der Waals surface area contributed by atoms with E-state index in [1.807, 2.05) is 0 Å². The van der Waals surface area contributed by atoms with Gasteiger partial charge in [0.2, 0.25) is 0 Å². The maximum atomic E-state index is 5.55. The highest BCUT2D eigenvalue weighted by atomic mass is 16.5. The molecule has 0 saturated carbocycles. The number of benzene rings is 2. The predicted molar refractivity (Wildman–Crippen MR) is 86.7 cm³/mol. The molecule has 4 rings (SSSR count). The average Bonchev–Trinajstić information content (AvgIpc) is 2.91. The number of nitrogens with one attached hydrogen (secondary N) is 1. The molecule has 0 amide bonds. The van der Waals surface area contributed by atoms with Crippen LogP contribution >= 0.6 is 0 Å². The van der Waals surface area contributed by atoms with Gasteiger partial charge < -0.3 is 10.1 Å². The van der Waals surface area contributed by atoms with Crippen molar-refractivity contribution in [1.29, 1.82) is 0 Å². The first-order valence-electron chi connectivity index (χ1n) is 7.93. The number of fused-ring (bicyclic) bond motifs is 3. The maximum absolute atomic E-state index is 5.55. The Morgan fingerprint density at radius 3 is 2.86 bits per heavy atom. The molecule has 2 aromatic rings. The Bertz CT molecular complexity index is 644. The zero-order valence-electron chi connectivity index (χ0n) is 12.3. The lowest BCUT2D eigenvalue weighted by molar-refractivity contribution is 0.0595. The second kappa shape index (κ2) is 5.53. The lowest BCUT2D eigenvalue weighted by Gasteiger charge is -2.22. The van der Waals surface area contributed by atoms with Gasteiger partial charge in [0.05, 0.1) is 6.61 Å². The summed E-state index contributed by atoms with van der Waals surface area (Å²) in [6.45, 7) is 2.86. The van der Waals surface area contributed by atoms with Crippen LogP contribution in [0.2, 0.25) is 0 Å². The monoisotopic (exact) mass is 279 g/mol. The third-order valence-electron chi connectivity index (χ3n) is 4.64. The molecule has 1 atom stereocenters. The van der Waals surface area contributed by atoms with E-state index in [0.29, 0.717) is 5.92 Å². The first-order chi connectivity index (χ1) is 10.4. The highest BCUT2D eigenvalue weighted by Gasteiger charge is 2.18. The van der Waals surface area contributed by atoms with Gasteiger partial charge in [0.15, 0.2) is 0 Å². The van der Waals surface area contributed by atoms with E-state index in [0.717, 1.165) is 26.2 Å². The fourth-order valence-corrected chi connectivity index (χ4v) is 3.49. The van der Waals surface area contributed by atoms with Crippen molar-refractivity contribution < 1.29 is 4.74 Å². The van der Waals surface area contributed by atoms with Gasteiger partial charge in [-0.15, -0.1) is 0 Å². The number of hydrogen-bond acceptors (Lipinski definition) is 2. The van der Waals surface area contributed by atoms with E-state index in [1.54, 1.807) is 0 Å². The molecule has 2 aromatic carbocycles. The van der Waals surface area contributed by atoms with Crippen molar-refractivity contribution in [1.82, 2.24) is 0 Å². The van der Waals surface area contributed by atoms with Gasteiger partial charge in [-0.2, -0.15) is 0 Å². The summed E-state index contributed by atoms with van der Waals surface area (Å²) in [7, 11) is 0. The van der Waals surface area contributed by atoms with Crippen LogP contribution < -0.4 is 5.32 Å². The SMILES string of the molecule is c1ccc2c(c1)Cc1cc(NCC3CCCOC3)ccc1-2. The van der Waals surface area contributed by atoms with E-state index >= 15 is 0 Å². The van der Waals surface area contributed by atoms with Crippen molar-refractivity contribution in [2.45, 2.75) is 19.3 Å². The molecule has 108 valence electrons. The molecule has 1 saturated heterocycles. The molecule has 1 heterocycles. The van der Waals surface area contributed by atoms with Crippen LogP contribution in [0.5, 0.6) is 0 Å². The molecule has 1 unspecified atom stereocenters. The van der Waals surface area contributed by atoms with E-state index in [2.05, 4.69) is 47.8 Å². The van der Waals surface area contributed by atoms with Crippen molar-refractivity contribution in [3.63, 3.8) is 0 Å². The summed E-state index contributed by atoms with van der Waals surface area (Å²) >= 11 is 0. The summed E-state index contributed by atoms with van der Waals surface area (Å²) in [5.41, 5.74) is 6.94. The van der Waals surface area contributed by atoms with Crippen LogP contribution in [0.15, 0.2) is 42.5 Å². The van der Waals surface area contributed by atoms with Crippen LogP contribution in [0.25, 0.3) is 11.1 Å². The summed E-state index contributed by atoms with van der Waals surface area (Å²) in [4.78, 5) is 0. The number of rotatable bonds is 3. The lowest BCUT2D eigenvalue weighted by Crippen LogP contribution is -2.24. The third-order valence-corrected chi connectivity index (χ3v) is 4.64. The number of hydrogen-bond donors (Lipinski definition) is 1. The van der Waals surface area contributed by atoms with Gasteiger partial charge in [-0.3, -0.25) is 0 Å². The van der Waals surface area contributed by atoms with Gasteiger partial charge in [-0.25, -0.2) is 0 Å². The average molecular weight is 279 g/mol. The lowest BCUT2D eigenvalue weighted by atomic mass is 10.0. The fraction of sp³-hybridized carbons (Fsp3) is 0.368. The minimum Gasteiger partial charge on any atom is -0.385 e. The minimum absolute atomic E-state index is 0.657. The van der Waals surface area contributed by atoms with Crippen LogP contribution in [-0.2, 0) is 11.2 Å². The van der Waals surface area contributed by atoms with Crippen LogP contribution in [0.1, 0.15) is 24.0 Å². The maximum Gasteiger partial charge on any atom is 0.0511 e. The first kappa shape index (κ1) is 12.9. The molecule has 1 N–H and O–H groups in total. The smallest absolute Gasteiger partial charge is 0.0511 e.